The van der Waals surface area contributed by atoms with Gasteiger partial charge in [0.25, 0.3) is 0 Å². The topological polar surface area (TPSA) is 76.1 Å². The zero-order chi connectivity index (χ0) is 19.2. The van der Waals surface area contributed by atoms with Gasteiger partial charge in [0.2, 0.25) is 5.95 Å². The maximum absolute atomic E-state index is 12.2. The van der Waals surface area contributed by atoms with E-state index >= 15 is 0 Å². The molecule has 3 aromatic rings. The normalized spacial score (nSPS) is 10.3. The van der Waals surface area contributed by atoms with Crippen molar-refractivity contribution >= 4 is 29.1 Å². The van der Waals surface area contributed by atoms with Gasteiger partial charge in [0.05, 0.1) is 17.9 Å². The number of ether oxygens (including phenoxy) is 1. The van der Waals surface area contributed by atoms with E-state index in [1.807, 2.05) is 56.3 Å². The fourth-order valence-corrected chi connectivity index (χ4v) is 2.57. The van der Waals surface area contributed by atoms with Crippen molar-refractivity contribution in [1.82, 2.24) is 9.97 Å². The molecule has 6 nitrogen and oxygen atoms in total. The van der Waals surface area contributed by atoms with Gasteiger partial charge >= 0.3 is 5.97 Å². The van der Waals surface area contributed by atoms with Crippen LogP contribution < -0.4 is 10.6 Å². The molecule has 0 unspecified atom stereocenters. The fourth-order valence-electron chi connectivity index (χ4n) is 2.57. The molecule has 2 aromatic carbocycles. The van der Waals surface area contributed by atoms with Crippen molar-refractivity contribution in [3.05, 3.63) is 71.4 Å². The van der Waals surface area contributed by atoms with Crippen LogP contribution in [-0.4, -0.2) is 22.5 Å². The second-order valence-corrected chi connectivity index (χ2v) is 6.10. The van der Waals surface area contributed by atoms with E-state index in [2.05, 4.69) is 20.6 Å². The van der Waals surface area contributed by atoms with E-state index in [0.29, 0.717) is 29.6 Å². The van der Waals surface area contributed by atoms with Crippen LogP contribution in [0.25, 0.3) is 0 Å². The average Bonchev–Trinajstić information content (AvgIpc) is 2.64. The highest BCUT2D eigenvalue weighted by molar-refractivity contribution is 5.96. The molecule has 0 atom stereocenters. The van der Waals surface area contributed by atoms with Crippen LogP contribution in [0.4, 0.5) is 23.1 Å². The van der Waals surface area contributed by atoms with Crippen molar-refractivity contribution < 1.29 is 9.53 Å². The Hall–Kier alpha value is -3.41. The first-order valence-electron chi connectivity index (χ1n) is 8.77. The van der Waals surface area contributed by atoms with Gasteiger partial charge in [-0.15, -0.1) is 0 Å². The lowest BCUT2D eigenvalue weighted by molar-refractivity contribution is 0.0527. The van der Waals surface area contributed by atoms with E-state index in [1.54, 1.807) is 19.1 Å². The summed E-state index contributed by atoms with van der Waals surface area (Å²) in [4.78, 5) is 21.1. The van der Waals surface area contributed by atoms with Gasteiger partial charge in [0, 0.05) is 17.4 Å². The summed E-state index contributed by atoms with van der Waals surface area (Å²) in [5, 5.41) is 6.40. The van der Waals surface area contributed by atoms with Gasteiger partial charge in [0.1, 0.15) is 5.82 Å². The fraction of sp³-hybridized carbons (Fsp3) is 0.190. The van der Waals surface area contributed by atoms with Crippen LogP contribution in [0, 0.1) is 13.8 Å². The highest BCUT2D eigenvalue weighted by atomic mass is 16.5. The monoisotopic (exact) mass is 362 g/mol. The molecular weight excluding hydrogens is 340 g/mol. The number of carbonyl (C=O) groups is 1. The Morgan fingerprint density at radius 2 is 1.74 bits per heavy atom. The van der Waals surface area contributed by atoms with Gasteiger partial charge in [-0.05, 0) is 45.0 Å². The van der Waals surface area contributed by atoms with E-state index < -0.39 is 0 Å². The number of esters is 1. The highest BCUT2D eigenvalue weighted by Gasteiger charge is 2.13. The first kappa shape index (κ1) is 18.4. The Balaban J connectivity index is 1.85. The van der Waals surface area contributed by atoms with Crippen LogP contribution in [0.3, 0.4) is 0 Å². The minimum atomic E-state index is -0.371. The lowest BCUT2D eigenvalue weighted by atomic mass is 10.2. The van der Waals surface area contributed by atoms with Crippen LogP contribution in [0.5, 0.6) is 0 Å². The van der Waals surface area contributed by atoms with E-state index in [0.717, 1.165) is 11.4 Å². The quantitative estimate of drug-likeness (QED) is 0.616. The van der Waals surface area contributed by atoms with Crippen LogP contribution in [0.1, 0.15) is 28.5 Å². The Morgan fingerprint density at radius 1 is 1.00 bits per heavy atom. The van der Waals surface area contributed by atoms with Gasteiger partial charge < -0.3 is 15.4 Å². The minimum Gasteiger partial charge on any atom is -0.462 e. The molecule has 138 valence electrons. The molecule has 6 heteroatoms. The average molecular weight is 362 g/mol. The number of nitrogens with one attached hydrogen (secondary N) is 2. The molecule has 1 aromatic heterocycles. The summed E-state index contributed by atoms with van der Waals surface area (Å²) in [6, 6.07) is 17.0. The number of rotatable bonds is 6. The largest absolute Gasteiger partial charge is 0.462 e. The van der Waals surface area contributed by atoms with E-state index in [1.165, 1.54) is 5.56 Å². The third kappa shape index (κ3) is 4.82. The molecule has 0 radical (unpaired) electrons. The molecule has 0 spiro atoms. The number of carbonyl (C=O) groups excluding carboxylic acids is 1. The van der Waals surface area contributed by atoms with Crippen molar-refractivity contribution in [3.63, 3.8) is 0 Å². The predicted molar refractivity (Wildman–Crippen MR) is 107 cm³/mol. The number of aromatic nitrogens is 2. The van der Waals surface area contributed by atoms with Crippen molar-refractivity contribution in [2.75, 3.05) is 17.2 Å². The van der Waals surface area contributed by atoms with Gasteiger partial charge in [0.15, 0.2) is 0 Å². The third-order valence-electron chi connectivity index (χ3n) is 3.85. The van der Waals surface area contributed by atoms with Crippen LogP contribution >= 0.6 is 0 Å². The summed E-state index contributed by atoms with van der Waals surface area (Å²) < 4.78 is 5.12. The molecule has 3 rings (SSSR count). The van der Waals surface area contributed by atoms with Crippen LogP contribution in [-0.2, 0) is 4.74 Å². The summed E-state index contributed by atoms with van der Waals surface area (Å²) >= 11 is 0. The maximum Gasteiger partial charge on any atom is 0.340 e. The summed E-state index contributed by atoms with van der Waals surface area (Å²) in [5.74, 6) is 0.702. The molecule has 0 bridgehead atoms. The molecule has 2 N–H and O–H groups in total. The molecule has 27 heavy (non-hydrogen) atoms. The lowest BCUT2D eigenvalue weighted by Crippen LogP contribution is -2.09. The van der Waals surface area contributed by atoms with Crippen LogP contribution in [0.2, 0.25) is 0 Å². The second kappa shape index (κ2) is 8.31. The highest BCUT2D eigenvalue weighted by Crippen LogP contribution is 2.23. The molecule has 0 saturated heterocycles. The molecule has 0 saturated carbocycles. The van der Waals surface area contributed by atoms with Crippen molar-refractivity contribution in [3.8, 4) is 0 Å². The number of aryl methyl sites for hydroxylation is 2. The zero-order valence-corrected chi connectivity index (χ0v) is 15.6. The number of para-hydroxylation sites is 1. The Morgan fingerprint density at radius 3 is 2.48 bits per heavy atom. The molecule has 0 aliphatic carbocycles. The van der Waals surface area contributed by atoms with Gasteiger partial charge in [-0.2, -0.15) is 4.98 Å². The lowest BCUT2D eigenvalue weighted by Gasteiger charge is -2.12. The second-order valence-electron chi connectivity index (χ2n) is 6.10. The first-order valence-corrected chi connectivity index (χ1v) is 8.77. The van der Waals surface area contributed by atoms with Gasteiger partial charge in [-0.3, -0.25) is 0 Å². The number of hydrogen-bond donors (Lipinski definition) is 2. The molecular formula is C21H22N4O2. The summed E-state index contributed by atoms with van der Waals surface area (Å²) in [6.45, 7) is 6.04. The van der Waals surface area contributed by atoms with Gasteiger partial charge in [-0.25, -0.2) is 9.78 Å². The van der Waals surface area contributed by atoms with Crippen molar-refractivity contribution in [2.24, 2.45) is 0 Å². The van der Waals surface area contributed by atoms with E-state index in [9.17, 15) is 4.79 Å². The number of benzene rings is 2. The number of anilines is 4. The number of nitrogens with zero attached hydrogens (tertiary/aromatic N) is 2. The molecule has 0 aliphatic rings. The summed E-state index contributed by atoms with van der Waals surface area (Å²) in [5.41, 5.74) is 3.99. The number of hydrogen-bond acceptors (Lipinski definition) is 6. The van der Waals surface area contributed by atoms with E-state index in [4.69, 9.17) is 4.74 Å². The van der Waals surface area contributed by atoms with E-state index in [-0.39, 0.29) is 5.97 Å². The Kier molecular flexibility index (Phi) is 5.66. The van der Waals surface area contributed by atoms with Crippen LogP contribution in [0.15, 0.2) is 54.6 Å². The van der Waals surface area contributed by atoms with Crippen molar-refractivity contribution in [2.45, 2.75) is 20.8 Å². The Labute approximate surface area is 158 Å². The Bertz CT molecular complexity index is 939. The third-order valence-corrected chi connectivity index (χ3v) is 3.85. The first-order chi connectivity index (χ1) is 13.0. The van der Waals surface area contributed by atoms with Crippen molar-refractivity contribution in [1.29, 1.82) is 0 Å². The standard InChI is InChI=1S/C21H22N4O2/c1-4-27-20(26)17-7-5-6-8-18(17)24-19-13-15(3)22-21(25-19)23-16-11-9-14(2)10-12-16/h5-13H,4H2,1-3H3,(H2,22,23,24,25). The minimum absolute atomic E-state index is 0.324. The SMILES string of the molecule is CCOC(=O)c1ccccc1Nc1cc(C)nc(Nc2ccc(C)cc2)n1. The summed E-state index contributed by atoms with van der Waals surface area (Å²) in [6.07, 6.45) is 0. The van der Waals surface area contributed by atoms with Gasteiger partial charge in [-0.1, -0.05) is 29.8 Å². The molecule has 0 amide bonds. The molecule has 0 aliphatic heterocycles. The maximum atomic E-state index is 12.2. The predicted octanol–water partition coefficient (Wildman–Crippen LogP) is 4.76. The molecule has 0 fully saturated rings. The summed E-state index contributed by atoms with van der Waals surface area (Å²) in [7, 11) is 0. The zero-order valence-electron chi connectivity index (χ0n) is 15.6. The molecule has 1 heterocycles. The smallest absolute Gasteiger partial charge is 0.340 e.